The number of aryl methyl sites for hydroxylation is 1. The van der Waals surface area contributed by atoms with Gasteiger partial charge in [-0.05, 0) is 58.0 Å². The van der Waals surface area contributed by atoms with Crippen LogP contribution in [0.4, 0.5) is 0 Å². The highest BCUT2D eigenvalue weighted by Crippen LogP contribution is 2.24. The van der Waals surface area contributed by atoms with Crippen LogP contribution < -0.4 is 0 Å². The number of carboxylic acids is 2. The van der Waals surface area contributed by atoms with E-state index in [-0.39, 0.29) is 5.91 Å². The van der Waals surface area contributed by atoms with Crippen molar-refractivity contribution in [1.29, 1.82) is 0 Å². The first kappa shape index (κ1) is 22.4. The molecule has 0 bridgehead atoms. The van der Waals surface area contributed by atoms with Gasteiger partial charge in [-0.1, -0.05) is 17.7 Å². The molecule has 0 aromatic heterocycles. The topological polar surface area (TPSA) is 98.2 Å². The fourth-order valence-electron chi connectivity index (χ4n) is 2.90. The van der Waals surface area contributed by atoms with E-state index >= 15 is 0 Å². The highest BCUT2D eigenvalue weighted by atomic mass is 16.4. The summed E-state index contributed by atoms with van der Waals surface area (Å²) < 4.78 is 0. The Bertz CT molecular complexity index is 696. The number of hydrogen-bond acceptors (Lipinski definition) is 4. The summed E-state index contributed by atoms with van der Waals surface area (Å²) in [5.74, 6) is -1.79. The number of benzene rings is 1. The second-order valence-corrected chi connectivity index (χ2v) is 7.02. The highest BCUT2D eigenvalue weighted by Gasteiger charge is 2.25. The van der Waals surface area contributed by atoms with Crippen molar-refractivity contribution >= 4 is 17.8 Å². The first-order valence-corrected chi connectivity index (χ1v) is 8.73. The van der Waals surface area contributed by atoms with Crippen LogP contribution in [0.2, 0.25) is 0 Å². The number of amides is 1. The van der Waals surface area contributed by atoms with Crippen molar-refractivity contribution in [3.05, 3.63) is 47.0 Å². The van der Waals surface area contributed by atoms with Gasteiger partial charge in [0.05, 0.1) is 0 Å². The van der Waals surface area contributed by atoms with E-state index in [1.807, 2.05) is 24.9 Å². The van der Waals surface area contributed by atoms with Gasteiger partial charge in [0, 0.05) is 31.3 Å². The molecule has 0 radical (unpaired) electrons. The third-order valence-electron chi connectivity index (χ3n) is 4.24. The predicted molar refractivity (Wildman–Crippen MR) is 103 cm³/mol. The fourth-order valence-corrected chi connectivity index (χ4v) is 2.90. The van der Waals surface area contributed by atoms with Crippen molar-refractivity contribution in [3.8, 4) is 0 Å². The molecule has 0 saturated carbocycles. The molecule has 27 heavy (non-hydrogen) atoms. The molecule has 1 aliphatic rings. The minimum absolute atomic E-state index is 0.172. The van der Waals surface area contributed by atoms with Gasteiger partial charge in [-0.2, -0.15) is 0 Å². The van der Waals surface area contributed by atoms with Crippen LogP contribution in [0.15, 0.2) is 30.4 Å². The van der Waals surface area contributed by atoms with Crippen LogP contribution >= 0.6 is 0 Å². The first-order valence-electron chi connectivity index (χ1n) is 8.73. The third-order valence-corrected chi connectivity index (χ3v) is 4.24. The van der Waals surface area contributed by atoms with Gasteiger partial charge in [0.2, 0.25) is 0 Å². The molecule has 1 aromatic carbocycles. The van der Waals surface area contributed by atoms with E-state index in [1.165, 1.54) is 5.56 Å². The number of aliphatic carboxylic acids is 2. The van der Waals surface area contributed by atoms with Crippen LogP contribution in [-0.2, 0) is 16.0 Å². The van der Waals surface area contributed by atoms with Gasteiger partial charge < -0.3 is 20.0 Å². The third kappa shape index (κ3) is 8.04. The van der Waals surface area contributed by atoms with E-state index in [0.29, 0.717) is 18.1 Å². The molecule has 0 aliphatic carbocycles. The zero-order valence-corrected chi connectivity index (χ0v) is 16.3. The molecule has 1 amide bonds. The van der Waals surface area contributed by atoms with Crippen LogP contribution in [0.1, 0.15) is 27.9 Å². The maximum atomic E-state index is 12.4. The van der Waals surface area contributed by atoms with E-state index in [2.05, 4.69) is 31.1 Å². The number of nitrogens with zero attached hydrogens (tertiary/aromatic N) is 2. The summed E-state index contributed by atoms with van der Waals surface area (Å²) in [6.45, 7) is 3.98. The van der Waals surface area contributed by atoms with Crippen molar-refractivity contribution in [2.24, 2.45) is 5.92 Å². The molecule has 2 N–H and O–H groups in total. The van der Waals surface area contributed by atoms with Crippen molar-refractivity contribution in [1.82, 2.24) is 9.80 Å². The van der Waals surface area contributed by atoms with Gasteiger partial charge in [-0.3, -0.25) is 4.79 Å². The van der Waals surface area contributed by atoms with E-state index in [0.717, 1.165) is 37.1 Å². The van der Waals surface area contributed by atoms with Gasteiger partial charge in [0.1, 0.15) is 0 Å². The summed E-state index contributed by atoms with van der Waals surface area (Å²) >= 11 is 0. The SMILES string of the molecule is Cc1ccc2c(c1)C(=O)N(C)CC(CCN(C)C)C2.O=C(O)C=CC(=O)O. The van der Waals surface area contributed by atoms with Crippen molar-refractivity contribution in [2.75, 3.05) is 34.2 Å². The molecule has 2 rings (SSSR count). The van der Waals surface area contributed by atoms with Gasteiger partial charge >= 0.3 is 11.9 Å². The lowest BCUT2D eigenvalue weighted by molar-refractivity contribution is -0.134. The highest BCUT2D eigenvalue weighted by molar-refractivity contribution is 5.96. The summed E-state index contributed by atoms with van der Waals surface area (Å²) in [6, 6.07) is 6.27. The predicted octanol–water partition coefficient (Wildman–Crippen LogP) is 1.90. The second kappa shape index (κ2) is 10.5. The minimum atomic E-state index is -1.26. The average molecular weight is 376 g/mol. The van der Waals surface area contributed by atoms with Crippen LogP contribution in [-0.4, -0.2) is 72.1 Å². The largest absolute Gasteiger partial charge is 0.478 e. The molecule has 0 saturated heterocycles. The zero-order valence-electron chi connectivity index (χ0n) is 16.3. The van der Waals surface area contributed by atoms with E-state index < -0.39 is 11.9 Å². The maximum absolute atomic E-state index is 12.4. The molecule has 1 heterocycles. The summed E-state index contributed by atoms with van der Waals surface area (Å²) in [5.41, 5.74) is 3.27. The van der Waals surface area contributed by atoms with Crippen molar-refractivity contribution < 1.29 is 24.6 Å². The Morgan fingerprint density at radius 2 is 1.81 bits per heavy atom. The Kier molecular flexibility index (Phi) is 8.68. The normalized spacial score (nSPS) is 16.6. The molecule has 0 fully saturated rings. The van der Waals surface area contributed by atoms with Gasteiger partial charge in [0.25, 0.3) is 5.91 Å². The summed E-state index contributed by atoms with van der Waals surface area (Å²) in [6.07, 6.45) is 3.27. The van der Waals surface area contributed by atoms with Crippen LogP contribution in [0.3, 0.4) is 0 Å². The monoisotopic (exact) mass is 376 g/mol. The van der Waals surface area contributed by atoms with Gasteiger partial charge in [0.15, 0.2) is 0 Å². The molecule has 7 heteroatoms. The quantitative estimate of drug-likeness (QED) is 0.762. The first-order chi connectivity index (χ1) is 12.6. The van der Waals surface area contributed by atoms with Crippen LogP contribution in [0.25, 0.3) is 0 Å². The lowest BCUT2D eigenvalue weighted by atomic mass is 9.94. The Hall–Kier alpha value is -2.67. The lowest BCUT2D eigenvalue weighted by Gasteiger charge is -2.21. The average Bonchev–Trinajstić information content (AvgIpc) is 2.69. The van der Waals surface area contributed by atoms with Crippen molar-refractivity contribution in [3.63, 3.8) is 0 Å². The zero-order chi connectivity index (χ0) is 20.6. The summed E-state index contributed by atoms with van der Waals surface area (Å²) in [4.78, 5) is 35.6. The molecule has 7 nitrogen and oxygen atoms in total. The smallest absolute Gasteiger partial charge is 0.328 e. The molecular formula is C20H28N2O5. The number of carbonyl (C=O) groups excluding carboxylic acids is 1. The Morgan fingerprint density at radius 1 is 1.22 bits per heavy atom. The maximum Gasteiger partial charge on any atom is 0.328 e. The standard InChI is InChI=1S/C16H24N2O.C4H4O4/c1-12-5-6-14-10-13(7-8-17(2)3)11-18(4)16(19)15(14)9-12;5-3(6)1-2-4(7)8/h5-6,9,13H,7-8,10-11H2,1-4H3;1-2H,(H,5,6)(H,7,8). The van der Waals surface area contributed by atoms with E-state index in [1.54, 1.807) is 0 Å². The second-order valence-electron chi connectivity index (χ2n) is 7.02. The molecular weight excluding hydrogens is 348 g/mol. The number of carbonyl (C=O) groups is 3. The Morgan fingerprint density at radius 3 is 2.33 bits per heavy atom. The number of carboxylic acid groups (broad SMARTS) is 2. The minimum Gasteiger partial charge on any atom is -0.478 e. The van der Waals surface area contributed by atoms with Crippen LogP contribution in [0, 0.1) is 12.8 Å². The number of fused-ring (bicyclic) bond motifs is 1. The molecule has 1 unspecified atom stereocenters. The molecule has 148 valence electrons. The summed E-state index contributed by atoms with van der Waals surface area (Å²) in [7, 11) is 6.12. The van der Waals surface area contributed by atoms with E-state index in [4.69, 9.17) is 10.2 Å². The molecule has 1 aliphatic heterocycles. The number of hydrogen-bond donors (Lipinski definition) is 2. The van der Waals surface area contributed by atoms with Crippen LogP contribution in [0.5, 0.6) is 0 Å². The van der Waals surface area contributed by atoms with Gasteiger partial charge in [-0.15, -0.1) is 0 Å². The Balaban J connectivity index is 0.000000387. The number of rotatable bonds is 5. The summed E-state index contributed by atoms with van der Waals surface area (Å²) in [5, 5.41) is 15.6. The van der Waals surface area contributed by atoms with Crippen molar-refractivity contribution in [2.45, 2.75) is 19.8 Å². The van der Waals surface area contributed by atoms with E-state index in [9.17, 15) is 14.4 Å². The van der Waals surface area contributed by atoms with Gasteiger partial charge in [-0.25, -0.2) is 9.59 Å². The lowest BCUT2D eigenvalue weighted by Crippen LogP contribution is -2.31. The molecule has 0 spiro atoms. The molecule has 1 atom stereocenters. The Labute approximate surface area is 159 Å². The molecule has 1 aromatic rings. The fraction of sp³-hybridized carbons (Fsp3) is 0.450.